The van der Waals surface area contributed by atoms with Crippen molar-refractivity contribution in [2.75, 3.05) is 0 Å². The summed E-state index contributed by atoms with van der Waals surface area (Å²) in [5, 5.41) is 20.3. The number of nitrogens with zero attached hydrogens (tertiary/aromatic N) is 4. The van der Waals surface area contributed by atoms with Crippen LogP contribution in [0.15, 0.2) is 119 Å². The number of rotatable bonds is 2. The molecule has 3 fully saturated rings. The number of carbonyl (C=O) groups is 2. The van der Waals surface area contributed by atoms with E-state index >= 15 is 0 Å². The molecule has 6 nitrogen and oxygen atoms in total. The van der Waals surface area contributed by atoms with Crippen LogP contribution in [0.25, 0.3) is 44.1 Å². The van der Waals surface area contributed by atoms with E-state index < -0.39 is 0 Å². The molecule has 0 amide bonds. The third kappa shape index (κ3) is 5.37. The lowest BCUT2D eigenvalue weighted by atomic mass is 9.65. The molecular weight excluding hydrogens is 809 g/mol. The second-order valence-corrected chi connectivity index (χ2v) is 19.9. The van der Waals surface area contributed by atoms with Gasteiger partial charge in [0.15, 0.2) is 11.6 Å². The van der Waals surface area contributed by atoms with Gasteiger partial charge < -0.3 is 0 Å². The van der Waals surface area contributed by atoms with Crippen molar-refractivity contribution in [3.05, 3.63) is 197 Å². The molecule has 8 aliphatic rings. The molecular formula is C60H46N4O2. The molecule has 4 aromatic carbocycles. The second-order valence-electron chi connectivity index (χ2n) is 19.9. The number of hydrogen-bond donors (Lipinski definition) is 0. The number of carbonyl (C=O) groups excluding carboxylic acids is 2. The van der Waals surface area contributed by atoms with Gasteiger partial charge in [-0.25, -0.2) is 20.2 Å². The third-order valence-electron chi connectivity index (χ3n) is 17.0. The first-order chi connectivity index (χ1) is 32.3. The number of allylic oxidation sites excluding steroid dienone is 10. The van der Waals surface area contributed by atoms with E-state index in [0.29, 0.717) is 44.5 Å². The maximum absolute atomic E-state index is 14.3. The highest BCUT2D eigenvalue weighted by Crippen LogP contribution is 2.63. The molecule has 318 valence electrons. The zero-order chi connectivity index (χ0) is 45.0. The summed E-state index contributed by atoms with van der Waals surface area (Å²) in [4.78, 5) is 35.8. The Bertz CT molecular complexity index is 3070. The number of ketones is 2. The zero-order valence-corrected chi connectivity index (χ0v) is 36.9. The minimum atomic E-state index is -0.296. The summed E-state index contributed by atoms with van der Waals surface area (Å²) in [7, 11) is 0. The molecule has 12 rings (SSSR count). The van der Waals surface area contributed by atoms with Crippen LogP contribution in [0.3, 0.4) is 0 Å². The fourth-order valence-electron chi connectivity index (χ4n) is 14.1. The smallest absolute Gasteiger partial charge is 0.270 e. The molecule has 0 unspecified atom stereocenters. The SMILES string of the molecule is [C-]#[N+]/C(C#N)=C1\C(=C\C2=Cc3cc4c(cc3C23CCCCC3)-c2cc3c(cc2C42CCCCC2)C=C(/C=C2\C(=O)c4ccccc4\C2=C(\C#N)[N+]#[C-])C32CCCCC2)C(=O)c2ccccc21. The maximum atomic E-state index is 14.3. The van der Waals surface area contributed by atoms with Crippen LogP contribution in [0, 0.1) is 35.8 Å². The van der Waals surface area contributed by atoms with E-state index in [4.69, 9.17) is 13.1 Å². The van der Waals surface area contributed by atoms with Crippen molar-refractivity contribution in [3.63, 3.8) is 0 Å². The Morgan fingerprint density at radius 2 is 0.848 bits per heavy atom. The minimum Gasteiger partial charge on any atom is -0.289 e. The largest absolute Gasteiger partial charge is 0.289 e. The van der Waals surface area contributed by atoms with Crippen molar-refractivity contribution >= 4 is 34.9 Å². The average Bonchev–Trinajstić information content (AvgIpc) is 4.07. The van der Waals surface area contributed by atoms with Crippen molar-refractivity contribution in [2.24, 2.45) is 0 Å². The summed E-state index contributed by atoms with van der Waals surface area (Å²) in [6, 6.07) is 29.1. The normalized spacial score (nSPS) is 23.5. The van der Waals surface area contributed by atoms with Crippen LogP contribution >= 0.6 is 0 Å². The lowest BCUT2D eigenvalue weighted by molar-refractivity contribution is 0.103. The van der Waals surface area contributed by atoms with Gasteiger partial charge in [0.05, 0.1) is 25.3 Å². The van der Waals surface area contributed by atoms with E-state index in [9.17, 15) is 20.1 Å². The highest BCUT2D eigenvalue weighted by atomic mass is 16.1. The van der Waals surface area contributed by atoms with Crippen LogP contribution in [0.5, 0.6) is 0 Å². The Balaban J connectivity index is 1.03. The van der Waals surface area contributed by atoms with Crippen LogP contribution in [-0.2, 0) is 16.2 Å². The fourth-order valence-corrected chi connectivity index (χ4v) is 14.1. The molecule has 4 aromatic rings. The standard InChI is InChI=1S/C60H46N4O2/c1-63-52(34-61)54-40-16-6-8-18-42(40)56(65)46(54)30-38-26-36-28-50-44(32-48(36)58(38)20-10-3-11-21-58)45-33-49-37(29-51(45)60(50)24-14-5-15-25-60)27-39(59(49)22-12-4-13-23-59)31-47-55(53(35-62)64-2)41-17-7-9-19-43(41)57(47)66/h6-9,16-19,26-33H,3-5,10-15,20-25H2/b46-30-,47-31-,54-52-,55-53+. The van der Waals surface area contributed by atoms with Crippen LogP contribution in [-0.4, -0.2) is 11.6 Å². The number of benzene rings is 4. The van der Waals surface area contributed by atoms with Gasteiger partial charge >= 0.3 is 0 Å². The van der Waals surface area contributed by atoms with E-state index in [1.807, 2.05) is 60.7 Å². The average molecular weight is 855 g/mol. The topological polar surface area (TPSA) is 90.4 Å². The second kappa shape index (κ2) is 14.8. The molecule has 0 heterocycles. The highest BCUT2D eigenvalue weighted by Gasteiger charge is 2.51. The Kier molecular flexibility index (Phi) is 9.02. The van der Waals surface area contributed by atoms with Crippen molar-refractivity contribution < 1.29 is 9.59 Å². The van der Waals surface area contributed by atoms with Crippen LogP contribution in [0.1, 0.15) is 162 Å². The monoisotopic (exact) mass is 854 g/mol. The summed E-state index contributed by atoms with van der Waals surface area (Å²) < 4.78 is 0. The van der Waals surface area contributed by atoms with Gasteiger partial charge in [-0.05, 0) is 142 Å². The number of nitriles is 2. The lowest BCUT2D eigenvalue weighted by Crippen LogP contribution is -2.30. The summed E-state index contributed by atoms with van der Waals surface area (Å²) in [5.74, 6) is -0.255. The van der Waals surface area contributed by atoms with E-state index in [0.717, 1.165) is 101 Å². The molecule has 3 saturated carbocycles. The first-order valence-electron chi connectivity index (χ1n) is 23.9. The molecule has 66 heavy (non-hydrogen) atoms. The van der Waals surface area contributed by atoms with Crippen molar-refractivity contribution in [1.29, 1.82) is 10.5 Å². The summed E-state index contributed by atoms with van der Waals surface area (Å²) in [5.41, 5.74) is 16.2. The van der Waals surface area contributed by atoms with Gasteiger partial charge in [0.25, 0.3) is 11.4 Å². The molecule has 8 aliphatic carbocycles. The van der Waals surface area contributed by atoms with Crippen molar-refractivity contribution in [3.8, 4) is 23.3 Å². The summed E-state index contributed by atoms with van der Waals surface area (Å²) in [6.07, 6.45) is 25.0. The molecule has 0 bridgehead atoms. The molecule has 6 heteroatoms. The maximum Gasteiger partial charge on any atom is 0.270 e. The Morgan fingerprint density at radius 1 is 0.485 bits per heavy atom. The Labute approximate surface area is 386 Å². The molecule has 0 saturated heterocycles. The van der Waals surface area contributed by atoms with Gasteiger partial charge in [-0.1, -0.05) is 118 Å². The first-order valence-corrected chi connectivity index (χ1v) is 23.9. The quantitative estimate of drug-likeness (QED) is 0.114. The minimum absolute atomic E-state index is 0.0487. The van der Waals surface area contributed by atoms with Gasteiger partial charge in [0.2, 0.25) is 0 Å². The van der Waals surface area contributed by atoms with Gasteiger partial charge in [0.1, 0.15) is 0 Å². The van der Waals surface area contributed by atoms with Crippen LogP contribution < -0.4 is 0 Å². The Hall–Kier alpha value is -7.38. The van der Waals surface area contributed by atoms with Gasteiger partial charge in [0, 0.05) is 49.7 Å². The highest BCUT2D eigenvalue weighted by molar-refractivity contribution is 6.28. The number of Topliss-reactive ketones (excluding diaryl/α,β-unsaturated/α-hetero) is 2. The molecule has 0 N–H and O–H groups in total. The Morgan fingerprint density at radius 3 is 1.21 bits per heavy atom. The summed E-state index contributed by atoms with van der Waals surface area (Å²) >= 11 is 0. The number of hydrogen-bond acceptors (Lipinski definition) is 4. The van der Waals surface area contributed by atoms with Crippen LogP contribution in [0.4, 0.5) is 0 Å². The van der Waals surface area contributed by atoms with E-state index in [2.05, 4.69) is 58.2 Å². The molecule has 0 radical (unpaired) electrons. The van der Waals surface area contributed by atoms with E-state index in [1.165, 1.54) is 50.9 Å². The summed E-state index contributed by atoms with van der Waals surface area (Å²) in [6.45, 7) is 15.8. The fraction of sp³-hybridized carbons (Fsp3) is 0.300. The number of fused-ring (bicyclic) bond motifs is 11. The van der Waals surface area contributed by atoms with Gasteiger partial charge in [-0.2, -0.15) is 0 Å². The van der Waals surface area contributed by atoms with Gasteiger partial charge in [-0.15, -0.1) is 0 Å². The molecule has 0 aromatic heterocycles. The van der Waals surface area contributed by atoms with E-state index in [-0.39, 0.29) is 39.2 Å². The van der Waals surface area contributed by atoms with Crippen molar-refractivity contribution in [1.82, 2.24) is 0 Å². The van der Waals surface area contributed by atoms with Crippen LogP contribution in [0.2, 0.25) is 0 Å². The lowest BCUT2D eigenvalue weighted by Gasteiger charge is -2.38. The molecule has 3 spiro atoms. The van der Waals surface area contributed by atoms with E-state index in [1.54, 1.807) is 0 Å². The third-order valence-corrected chi connectivity index (χ3v) is 17.0. The zero-order valence-electron chi connectivity index (χ0n) is 36.9. The first kappa shape index (κ1) is 40.2. The predicted molar refractivity (Wildman–Crippen MR) is 257 cm³/mol. The molecule has 0 atom stereocenters. The predicted octanol–water partition coefficient (Wildman–Crippen LogP) is 14.1. The van der Waals surface area contributed by atoms with Crippen molar-refractivity contribution in [2.45, 2.75) is 113 Å². The molecule has 0 aliphatic heterocycles. The van der Waals surface area contributed by atoms with Gasteiger partial charge in [-0.3, -0.25) is 9.59 Å².